The van der Waals surface area contributed by atoms with E-state index >= 15 is 0 Å². The molecular weight excluding hydrogens is 392 g/mol. The van der Waals surface area contributed by atoms with Gasteiger partial charge in [-0.05, 0) is 48.6 Å². The van der Waals surface area contributed by atoms with Crippen molar-refractivity contribution < 1.29 is 23.4 Å². The highest BCUT2D eigenvalue weighted by Gasteiger charge is 2.20. The van der Waals surface area contributed by atoms with Crippen LogP contribution in [0.2, 0.25) is 0 Å². The minimum atomic E-state index is -2.81. The first-order chi connectivity index (χ1) is 14.6. The van der Waals surface area contributed by atoms with Gasteiger partial charge in [0.05, 0.1) is 17.6 Å². The van der Waals surface area contributed by atoms with Crippen molar-refractivity contribution in [2.45, 2.75) is 44.6 Å². The van der Waals surface area contributed by atoms with Crippen LogP contribution < -0.4 is 4.74 Å². The van der Waals surface area contributed by atoms with Crippen LogP contribution >= 0.6 is 0 Å². The van der Waals surface area contributed by atoms with Gasteiger partial charge in [-0.1, -0.05) is 24.3 Å². The van der Waals surface area contributed by atoms with Crippen LogP contribution in [-0.4, -0.2) is 32.9 Å². The molecule has 8 heteroatoms. The van der Waals surface area contributed by atoms with Gasteiger partial charge in [0.1, 0.15) is 18.5 Å². The fourth-order valence-corrected chi connectivity index (χ4v) is 3.40. The molecule has 158 valence electrons. The van der Waals surface area contributed by atoms with Gasteiger partial charge in [-0.3, -0.25) is 4.98 Å². The lowest BCUT2D eigenvalue weighted by molar-refractivity contribution is -0.0384. The van der Waals surface area contributed by atoms with E-state index in [2.05, 4.69) is 10.1 Å². The number of benzene rings is 1. The molecule has 2 unspecified atom stereocenters. The second-order valence-electron chi connectivity index (χ2n) is 7.17. The molecular formula is C22H23F2N3O3. The molecule has 1 aliphatic heterocycles. The molecule has 0 amide bonds. The Morgan fingerprint density at radius 2 is 1.97 bits per heavy atom. The standard InChI is InChI=1S/C22H23F2N3O3/c23-22(24)21(28)16-6-4-15(5-7-16)14-30-17-8-9-18(25-13-17)19-10-11-26-27(19)20-3-1-2-12-29-20/h4-11,13,20-22,28H,1-3,12,14H2. The highest BCUT2D eigenvalue weighted by Crippen LogP contribution is 2.28. The Balaban J connectivity index is 1.38. The number of nitrogens with zero attached hydrogens (tertiary/aromatic N) is 3. The number of halogens is 2. The van der Waals surface area contributed by atoms with Crippen LogP contribution in [0.4, 0.5) is 8.78 Å². The molecule has 0 spiro atoms. The van der Waals surface area contributed by atoms with Crippen LogP contribution in [0.25, 0.3) is 11.4 Å². The summed E-state index contributed by atoms with van der Waals surface area (Å²) in [6.45, 7) is 1.01. The lowest BCUT2D eigenvalue weighted by Crippen LogP contribution is -2.20. The summed E-state index contributed by atoms with van der Waals surface area (Å²) < 4.78 is 38.5. The molecule has 1 fully saturated rings. The summed E-state index contributed by atoms with van der Waals surface area (Å²) in [5.41, 5.74) is 2.65. The molecule has 0 aliphatic carbocycles. The van der Waals surface area contributed by atoms with Crippen molar-refractivity contribution in [2.75, 3.05) is 6.61 Å². The minimum absolute atomic E-state index is 0.0620. The average molecular weight is 415 g/mol. The van der Waals surface area contributed by atoms with Crippen LogP contribution in [0.15, 0.2) is 54.9 Å². The van der Waals surface area contributed by atoms with E-state index < -0.39 is 12.5 Å². The van der Waals surface area contributed by atoms with Crippen molar-refractivity contribution in [2.24, 2.45) is 0 Å². The first kappa shape index (κ1) is 20.4. The lowest BCUT2D eigenvalue weighted by atomic mass is 10.1. The van der Waals surface area contributed by atoms with E-state index in [1.807, 2.05) is 22.9 Å². The predicted octanol–water partition coefficient (Wildman–Crippen LogP) is 4.52. The lowest BCUT2D eigenvalue weighted by Gasteiger charge is -2.24. The topological polar surface area (TPSA) is 69.4 Å². The Morgan fingerprint density at radius 3 is 2.63 bits per heavy atom. The summed E-state index contributed by atoms with van der Waals surface area (Å²) in [6.07, 6.45) is 1.87. The van der Waals surface area contributed by atoms with Gasteiger partial charge in [0.2, 0.25) is 0 Å². The zero-order valence-electron chi connectivity index (χ0n) is 16.3. The number of ether oxygens (including phenoxy) is 2. The molecule has 1 N–H and O–H groups in total. The van der Waals surface area contributed by atoms with E-state index in [-0.39, 0.29) is 18.4 Å². The van der Waals surface area contributed by atoms with Crippen LogP contribution in [0.5, 0.6) is 5.75 Å². The summed E-state index contributed by atoms with van der Waals surface area (Å²) in [5, 5.41) is 13.8. The third-order valence-electron chi connectivity index (χ3n) is 5.06. The Bertz CT molecular complexity index is 939. The summed E-state index contributed by atoms with van der Waals surface area (Å²) in [7, 11) is 0. The van der Waals surface area contributed by atoms with E-state index in [1.54, 1.807) is 24.5 Å². The fraction of sp³-hybridized carbons (Fsp3) is 0.364. The Kier molecular flexibility index (Phi) is 6.35. The SMILES string of the molecule is OC(c1ccc(COc2ccc(-c3ccnn3C3CCCCO3)nc2)cc1)C(F)F. The highest BCUT2D eigenvalue weighted by molar-refractivity contribution is 5.54. The average Bonchev–Trinajstić information content (AvgIpc) is 3.28. The van der Waals surface area contributed by atoms with Gasteiger partial charge in [0, 0.05) is 12.8 Å². The molecule has 0 radical (unpaired) electrons. The van der Waals surface area contributed by atoms with Crippen molar-refractivity contribution in [3.63, 3.8) is 0 Å². The first-order valence-corrected chi connectivity index (χ1v) is 9.91. The maximum atomic E-state index is 12.6. The van der Waals surface area contributed by atoms with Crippen molar-refractivity contribution in [1.82, 2.24) is 14.8 Å². The van der Waals surface area contributed by atoms with E-state index in [4.69, 9.17) is 9.47 Å². The summed E-state index contributed by atoms with van der Waals surface area (Å²) in [5.74, 6) is 0.593. The van der Waals surface area contributed by atoms with Gasteiger partial charge in [0.15, 0.2) is 6.23 Å². The largest absolute Gasteiger partial charge is 0.487 e. The van der Waals surface area contributed by atoms with Crippen LogP contribution in [0.3, 0.4) is 0 Å². The molecule has 1 saturated heterocycles. The Morgan fingerprint density at radius 1 is 1.13 bits per heavy atom. The van der Waals surface area contributed by atoms with Gasteiger partial charge in [0.25, 0.3) is 6.43 Å². The molecule has 0 bridgehead atoms. The zero-order valence-corrected chi connectivity index (χ0v) is 16.3. The van der Waals surface area contributed by atoms with Crippen molar-refractivity contribution >= 4 is 0 Å². The van der Waals surface area contributed by atoms with Gasteiger partial charge >= 0.3 is 0 Å². The molecule has 6 nitrogen and oxygen atoms in total. The first-order valence-electron chi connectivity index (χ1n) is 9.91. The smallest absolute Gasteiger partial charge is 0.268 e. The molecule has 1 aliphatic rings. The summed E-state index contributed by atoms with van der Waals surface area (Å²) >= 11 is 0. The minimum Gasteiger partial charge on any atom is -0.487 e. The number of hydrogen-bond acceptors (Lipinski definition) is 5. The number of aliphatic hydroxyl groups excluding tert-OH is 1. The van der Waals surface area contributed by atoms with Crippen molar-refractivity contribution in [3.05, 3.63) is 66.0 Å². The fourth-order valence-electron chi connectivity index (χ4n) is 3.40. The molecule has 1 aromatic carbocycles. The van der Waals surface area contributed by atoms with Crippen LogP contribution in [0, 0.1) is 0 Å². The van der Waals surface area contributed by atoms with Crippen LogP contribution in [-0.2, 0) is 11.3 Å². The van der Waals surface area contributed by atoms with E-state index in [0.717, 1.165) is 42.8 Å². The third kappa shape index (κ3) is 4.66. The number of hydrogen-bond donors (Lipinski definition) is 1. The number of rotatable bonds is 7. The molecule has 30 heavy (non-hydrogen) atoms. The number of pyridine rings is 1. The molecule has 4 rings (SSSR count). The van der Waals surface area contributed by atoms with Crippen LogP contribution in [0.1, 0.15) is 42.7 Å². The second kappa shape index (κ2) is 9.32. The maximum Gasteiger partial charge on any atom is 0.268 e. The Hall–Kier alpha value is -2.84. The van der Waals surface area contributed by atoms with Gasteiger partial charge < -0.3 is 14.6 Å². The monoisotopic (exact) mass is 415 g/mol. The second-order valence-corrected chi connectivity index (χ2v) is 7.17. The third-order valence-corrected chi connectivity index (χ3v) is 5.06. The van der Waals surface area contributed by atoms with E-state index in [1.165, 1.54) is 12.1 Å². The maximum absolute atomic E-state index is 12.6. The molecule has 2 aromatic heterocycles. The molecule has 3 aromatic rings. The van der Waals surface area contributed by atoms with Gasteiger partial charge in [-0.25, -0.2) is 13.5 Å². The van der Waals surface area contributed by atoms with Gasteiger partial charge in [-0.15, -0.1) is 0 Å². The van der Waals surface area contributed by atoms with E-state index in [0.29, 0.717) is 5.75 Å². The molecule has 3 heterocycles. The number of aliphatic hydroxyl groups is 1. The Labute approximate surface area is 173 Å². The predicted molar refractivity (Wildman–Crippen MR) is 106 cm³/mol. The van der Waals surface area contributed by atoms with Crippen molar-refractivity contribution in [3.8, 4) is 17.1 Å². The normalized spacial score (nSPS) is 17.8. The highest BCUT2D eigenvalue weighted by atomic mass is 19.3. The summed E-state index contributed by atoms with van der Waals surface area (Å²) in [6, 6.07) is 11.9. The molecule has 0 saturated carbocycles. The zero-order chi connectivity index (χ0) is 20.9. The van der Waals surface area contributed by atoms with Gasteiger partial charge in [-0.2, -0.15) is 5.10 Å². The molecule has 2 atom stereocenters. The summed E-state index contributed by atoms with van der Waals surface area (Å²) in [4.78, 5) is 4.49. The van der Waals surface area contributed by atoms with E-state index in [9.17, 15) is 13.9 Å². The quantitative estimate of drug-likeness (QED) is 0.614. The number of aromatic nitrogens is 3. The van der Waals surface area contributed by atoms with Crippen molar-refractivity contribution in [1.29, 1.82) is 0 Å². The number of alkyl halides is 2.